The number of pyridine rings is 1. The van der Waals surface area contributed by atoms with Crippen LogP contribution in [-0.4, -0.2) is 112 Å². The van der Waals surface area contributed by atoms with E-state index in [2.05, 4.69) is 32.8 Å². The average Bonchev–Trinajstić information content (AvgIpc) is 3.31. The maximum absolute atomic E-state index is 13.5. The van der Waals surface area contributed by atoms with Crippen LogP contribution >= 0.6 is 0 Å². The number of benzene rings is 3. The molecule has 370 valence electrons. The number of amides is 12. The van der Waals surface area contributed by atoms with E-state index in [9.17, 15) is 62.2 Å². The van der Waals surface area contributed by atoms with Gasteiger partial charge in [-0.25, -0.2) is 33.2 Å². The Morgan fingerprint density at radius 1 is 0.577 bits per heavy atom. The standard InChI is InChI=1S/C12H11FN2O4.2C12H12N2O3.C11H11N3O4/c1-6-4-8(13)7(11(17)18)5-9(6)15-3-2-10(16)14-12(15)19;1-8(15)9-2-4-10(5-3-9)14-7-6-11(16)13-12(14)17;1-8-2-3-9(7-15)6-10(8)14-5-4-11(16)13-12(14)17;1-6-8(4-7(5-12-6)10(16)17)14-3-2-9(15)13-11(14)18/h4-5H,2-3H2,1H3,(H,17,18)(H,14,16,19);2-5,15H,1,6-7H2,(H,13,16,17);2-3,6-7H,4-5H2,1H3,(H,13,16,17);4-5H,2-3H2,1H3,(H,16,17)(H,13,15,18). The van der Waals surface area contributed by atoms with Crippen molar-refractivity contribution in [1.82, 2.24) is 26.3 Å². The Morgan fingerprint density at radius 3 is 1.45 bits per heavy atom. The highest BCUT2D eigenvalue weighted by Gasteiger charge is 2.29. The fourth-order valence-corrected chi connectivity index (χ4v) is 7.04. The Labute approximate surface area is 402 Å². The van der Waals surface area contributed by atoms with Crippen molar-refractivity contribution >= 4 is 94.5 Å². The Morgan fingerprint density at radius 2 is 1.03 bits per heavy atom. The zero-order valence-corrected chi connectivity index (χ0v) is 38.2. The number of carboxylic acids is 2. The zero-order valence-electron chi connectivity index (χ0n) is 38.2. The number of aliphatic hydroxyl groups excluding tert-OH is 1. The van der Waals surface area contributed by atoms with Crippen LogP contribution in [0, 0.1) is 26.6 Å². The van der Waals surface area contributed by atoms with Gasteiger partial charge in [0, 0.05) is 86.2 Å². The van der Waals surface area contributed by atoms with Crippen molar-refractivity contribution in [2.75, 3.05) is 45.8 Å². The number of hydrogen-bond donors (Lipinski definition) is 7. The quantitative estimate of drug-likeness (QED) is 0.0927. The number of carboxylic acid groups (broad SMARTS) is 2. The number of aromatic nitrogens is 1. The lowest BCUT2D eigenvalue weighted by molar-refractivity contribution is -0.121. The third-order valence-corrected chi connectivity index (χ3v) is 10.8. The van der Waals surface area contributed by atoms with Crippen LogP contribution in [0.15, 0.2) is 73.4 Å². The molecule has 3 aromatic carbocycles. The number of carbonyl (C=O) groups is 11. The van der Waals surface area contributed by atoms with Gasteiger partial charge < -0.3 is 15.3 Å². The summed E-state index contributed by atoms with van der Waals surface area (Å²) in [5, 5.41) is 35.7. The van der Waals surface area contributed by atoms with Crippen molar-refractivity contribution in [1.29, 1.82) is 0 Å². The highest BCUT2D eigenvalue weighted by molar-refractivity contribution is 6.08. The molecule has 23 nitrogen and oxygen atoms in total. The van der Waals surface area contributed by atoms with Gasteiger partial charge in [-0.2, -0.15) is 0 Å². The summed E-state index contributed by atoms with van der Waals surface area (Å²) in [5.74, 6) is -4.65. The Bertz CT molecular complexity index is 2870. The molecule has 8 rings (SSSR count). The SMILES string of the molecule is C=C(O)c1ccc(N2CCC(=O)NC2=O)cc1.Cc1cc(F)c(C(=O)O)cc1N1CCC(=O)NC1=O.Cc1ccc(C=O)cc1N1CCC(=O)NC1=O.Cc1ncc(C(=O)O)cc1N1CCC(=O)NC1=O. The molecular formula is C47H46FN9O14. The van der Waals surface area contributed by atoms with Crippen molar-refractivity contribution in [3.8, 4) is 0 Å². The topological polar surface area (TPSA) is 322 Å². The summed E-state index contributed by atoms with van der Waals surface area (Å²) in [6, 6.07) is 13.3. The van der Waals surface area contributed by atoms with Gasteiger partial charge in [0.25, 0.3) is 0 Å². The first-order valence-corrected chi connectivity index (χ1v) is 21.3. The number of nitrogens with zero attached hydrogens (tertiary/aromatic N) is 5. The van der Waals surface area contributed by atoms with Gasteiger partial charge in [-0.1, -0.05) is 18.7 Å². The van der Waals surface area contributed by atoms with Crippen LogP contribution in [0.25, 0.3) is 5.76 Å². The number of hydrogen-bond acceptors (Lipinski definition) is 13. The maximum Gasteiger partial charge on any atom is 0.338 e. The summed E-state index contributed by atoms with van der Waals surface area (Å²) < 4.78 is 13.5. The maximum atomic E-state index is 13.5. The minimum Gasteiger partial charge on any atom is -0.508 e. The monoisotopic (exact) mass is 979 g/mol. The summed E-state index contributed by atoms with van der Waals surface area (Å²) in [6.45, 7) is 9.56. The summed E-state index contributed by atoms with van der Waals surface area (Å²) in [5.41, 5.74) is 4.48. The van der Waals surface area contributed by atoms with Gasteiger partial charge in [0.1, 0.15) is 17.9 Å². The van der Waals surface area contributed by atoms with Crippen LogP contribution in [0.4, 0.5) is 46.3 Å². The van der Waals surface area contributed by atoms with E-state index in [0.29, 0.717) is 59.0 Å². The van der Waals surface area contributed by atoms with Gasteiger partial charge in [-0.3, -0.25) is 69.8 Å². The summed E-state index contributed by atoms with van der Waals surface area (Å²) in [7, 11) is 0. The first-order valence-electron chi connectivity index (χ1n) is 21.3. The molecule has 0 atom stereocenters. The second-order valence-corrected chi connectivity index (χ2v) is 15.7. The highest BCUT2D eigenvalue weighted by atomic mass is 19.1. The largest absolute Gasteiger partial charge is 0.508 e. The van der Waals surface area contributed by atoms with Crippen LogP contribution in [0.2, 0.25) is 0 Å². The average molecular weight is 980 g/mol. The smallest absolute Gasteiger partial charge is 0.338 e. The van der Waals surface area contributed by atoms with Crippen molar-refractivity contribution in [3.63, 3.8) is 0 Å². The van der Waals surface area contributed by atoms with E-state index < -0.39 is 47.4 Å². The third kappa shape index (κ3) is 13.4. The number of imide groups is 4. The zero-order chi connectivity index (χ0) is 52.3. The molecule has 24 heteroatoms. The minimum absolute atomic E-state index is 0.000278. The number of nitrogens with one attached hydrogen (secondary N) is 4. The number of halogens is 1. The Balaban J connectivity index is 0.000000176. The van der Waals surface area contributed by atoms with Gasteiger partial charge in [-0.15, -0.1) is 0 Å². The van der Waals surface area contributed by atoms with Crippen LogP contribution in [0.1, 0.15) is 79.1 Å². The molecule has 5 heterocycles. The predicted octanol–water partition coefficient (Wildman–Crippen LogP) is 4.73. The van der Waals surface area contributed by atoms with Crippen LogP contribution in [-0.2, 0) is 19.2 Å². The molecule has 0 saturated carbocycles. The van der Waals surface area contributed by atoms with Gasteiger partial charge in [0.2, 0.25) is 23.6 Å². The van der Waals surface area contributed by atoms with Gasteiger partial charge >= 0.3 is 36.1 Å². The van der Waals surface area contributed by atoms with Gasteiger partial charge in [0.05, 0.1) is 22.5 Å². The van der Waals surface area contributed by atoms with E-state index in [0.717, 1.165) is 24.0 Å². The van der Waals surface area contributed by atoms with E-state index in [4.69, 9.17) is 10.2 Å². The lowest BCUT2D eigenvalue weighted by atomic mass is 10.1. The van der Waals surface area contributed by atoms with Crippen LogP contribution < -0.4 is 40.9 Å². The number of rotatable bonds is 8. The van der Waals surface area contributed by atoms with Crippen LogP contribution in [0.5, 0.6) is 0 Å². The number of aldehydes is 1. The Hall–Kier alpha value is -9.35. The first kappa shape index (κ1) is 52.6. The molecule has 0 bridgehead atoms. The Kier molecular flexibility index (Phi) is 17.1. The second kappa shape index (κ2) is 23.1. The second-order valence-electron chi connectivity index (χ2n) is 15.7. The van der Waals surface area contributed by atoms with E-state index >= 15 is 0 Å². The molecule has 71 heavy (non-hydrogen) atoms. The van der Waals surface area contributed by atoms with Crippen molar-refractivity contribution in [2.45, 2.75) is 46.5 Å². The summed E-state index contributed by atoms with van der Waals surface area (Å²) in [6.07, 6.45) is 2.83. The molecule has 12 amide bonds. The van der Waals surface area contributed by atoms with Gasteiger partial charge in [-0.05, 0) is 80.4 Å². The molecule has 0 aliphatic carbocycles. The number of urea groups is 4. The summed E-state index contributed by atoms with van der Waals surface area (Å²) in [4.78, 5) is 133. The van der Waals surface area contributed by atoms with Crippen molar-refractivity contribution in [3.05, 3.63) is 118 Å². The lowest BCUT2D eigenvalue weighted by Crippen LogP contribution is -2.49. The van der Waals surface area contributed by atoms with Crippen molar-refractivity contribution < 1.29 is 72.4 Å². The van der Waals surface area contributed by atoms with Gasteiger partial charge in [0.15, 0.2) is 0 Å². The van der Waals surface area contributed by atoms with E-state index in [1.54, 1.807) is 56.3 Å². The fraction of sp³-hybridized carbons (Fsp3) is 0.234. The van der Waals surface area contributed by atoms with E-state index in [-0.39, 0.29) is 73.0 Å². The number of aromatic carboxylic acids is 2. The lowest BCUT2D eigenvalue weighted by Gasteiger charge is -2.28. The minimum atomic E-state index is -1.41. The van der Waals surface area contributed by atoms with Crippen molar-refractivity contribution in [2.24, 2.45) is 0 Å². The number of anilines is 4. The molecule has 4 aromatic rings. The third-order valence-electron chi connectivity index (χ3n) is 10.8. The molecule has 4 aliphatic heterocycles. The highest BCUT2D eigenvalue weighted by Crippen LogP contribution is 2.27. The number of carbonyl (C=O) groups excluding carboxylic acids is 9. The predicted molar refractivity (Wildman–Crippen MR) is 251 cm³/mol. The molecular weight excluding hydrogens is 934 g/mol. The van der Waals surface area contributed by atoms with E-state index in [1.165, 1.54) is 31.9 Å². The molecule has 7 N–H and O–H groups in total. The number of aliphatic hydroxyl groups is 1. The molecule has 4 aliphatic rings. The first-order chi connectivity index (χ1) is 33.6. The molecule has 0 spiro atoms. The molecule has 4 fully saturated rings. The van der Waals surface area contributed by atoms with E-state index in [1.807, 2.05) is 6.92 Å². The number of aryl methyl sites for hydroxylation is 3. The molecule has 0 radical (unpaired) electrons. The molecule has 0 unspecified atom stereocenters. The van der Waals surface area contributed by atoms with Crippen LogP contribution in [0.3, 0.4) is 0 Å². The normalized spacial score (nSPS) is 15.5. The summed E-state index contributed by atoms with van der Waals surface area (Å²) >= 11 is 0. The fourth-order valence-electron chi connectivity index (χ4n) is 7.04. The molecule has 4 saturated heterocycles. The molecule has 1 aromatic heterocycles.